The third-order valence-corrected chi connectivity index (χ3v) is 4.36. The van der Waals surface area contributed by atoms with E-state index in [1.807, 2.05) is 34.8 Å². The summed E-state index contributed by atoms with van der Waals surface area (Å²) in [5.41, 5.74) is 4.89. The molecule has 0 atom stereocenters. The van der Waals surface area contributed by atoms with Crippen LogP contribution in [0.25, 0.3) is 16.6 Å². The van der Waals surface area contributed by atoms with Crippen molar-refractivity contribution in [3.8, 4) is 11.1 Å². The maximum atomic E-state index is 4.56. The van der Waals surface area contributed by atoms with Gasteiger partial charge in [-0.1, -0.05) is 6.07 Å². The molecule has 0 saturated carbocycles. The Kier molecular flexibility index (Phi) is 3.00. The molecule has 3 aromatic rings. The first-order valence-corrected chi connectivity index (χ1v) is 7.48. The molecule has 5 nitrogen and oxygen atoms in total. The molecule has 4 rings (SSSR count). The lowest BCUT2D eigenvalue weighted by atomic mass is 9.91. The van der Waals surface area contributed by atoms with Crippen molar-refractivity contribution in [3.05, 3.63) is 42.5 Å². The molecule has 108 valence electrons. The first-order valence-electron chi connectivity index (χ1n) is 7.48. The van der Waals surface area contributed by atoms with E-state index in [2.05, 4.69) is 33.8 Å². The molecule has 3 aromatic heterocycles. The van der Waals surface area contributed by atoms with Crippen LogP contribution in [-0.2, 0) is 7.05 Å². The molecule has 0 spiro atoms. The van der Waals surface area contributed by atoms with Crippen LogP contribution in [0.1, 0.15) is 24.3 Å². The van der Waals surface area contributed by atoms with Crippen LogP contribution in [0.2, 0.25) is 0 Å². The van der Waals surface area contributed by atoms with Gasteiger partial charge in [-0.05, 0) is 37.9 Å². The van der Waals surface area contributed by atoms with Crippen LogP contribution in [0.3, 0.4) is 0 Å². The maximum Gasteiger partial charge on any atom is 0.0696 e. The molecule has 0 amide bonds. The number of nitrogens with one attached hydrogen (secondary N) is 1. The third-order valence-electron chi connectivity index (χ3n) is 4.36. The van der Waals surface area contributed by atoms with Crippen molar-refractivity contribution in [1.29, 1.82) is 0 Å². The van der Waals surface area contributed by atoms with Gasteiger partial charge in [0.2, 0.25) is 0 Å². The van der Waals surface area contributed by atoms with Gasteiger partial charge in [0.25, 0.3) is 0 Å². The van der Waals surface area contributed by atoms with Gasteiger partial charge in [-0.3, -0.25) is 4.68 Å². The Morgan fingerprint density at radius 1 is 1.05 bits per heavy atom. The molecule has 1 aliphatic heterocycles. The van der Waals surface area contributed by atoms with Gasteiger partial charge in [0.15, 0.2) is 0 Å². The van der Waals surface area contributed by atoms with E-state index in [4.69, 9.17) is 0 Å². The van der Waals surface area contributed by atoms with Gasteiger partial charge in [-0.2, -0.15) is 10.2 Å². The largest absolute Gasteiger partial charge is 0.317 e. The summed E-state index contributed by atoms with van der Waals surface area (Å²) in [7, 11) is 1.94. The van der Waals surface area contributed by atoms with Gasteiger partial charge in [-0.25, -0.2) is 4.52 Å². The van der Waals surface area contributed by atoms with Crippen LogP contribution in [-0.4, -0.2) is 32.5 Å². The average molecular weight is 281 g/mol. The summed E-state index contributed by atoms with van der Waals surface area (Å²) in [6.07, 6.45) is 10.4. The van der Waals surface area contributed by atoms with E-state index >= 15 is 0 Å². The van der Waals surface area contributed by atoms with Crippen LogP contribution < -0.4 is 5.32 Å². The Morgan fingerprint density at radius 3 is 2.67 bits per heavy atom. The summed E-state index contributed by atoms with van der Waals surface area (Å²) in [5, 5.41) is 12.2. The van der Waals surface area contributed by atoms with Gasteiger partial charge in [0, 0.05) is 36.1 Å². The van der Waals surface area contributed by atoms with Crippen LogP contribution in [0.15, 0.2) is 36.9 Å². The molecule has 0 bridgehead atoms. The van der Waals surface area contributed by atoms with E-state index in [-0.39, 0.29) is 0 Å². The molecule has 1 fully saturated rings. The van der Waals surface area contributed by atoms with E-state index < -0.39 is 0 Å². The number of aromatic nitrogens is 4. The highest BCUT2D eigenvalue weighted by atomic mass is 15.2. The first kappa shape index (κ1) is 12.6. The van der Waals surface area contributed by atoms with Crippen molar-refractivity contribution in [2.75, 3.05) is 13.1 Å². The predicted molar refractivity (Wildman–Crippen MR) is 82.2 cm³/mol. The average Bonchev–Trinajstić information content (AvgIpc) is 3.13. The number of nitrogens with zero attached hydrogens (tertiary/aromatic N) is 4. The smallest absolute Gasteiger partial charge is 0.0696 e. The zero-order valence-corrected chi connectivity index (χ0v) is 12.2. The molecule has 21 heavy (non-hydrogen) atoms. The second-order valence-electron chi connectivity index (χ2n) is 5.77. The minimum atomic E-state index is 0.632. The molecular formula is C16H19N5. The van der Waals surface area contributed by atoms with E-state index in [9.17, 15) is 0 Å². The van der Waals surface area contributed by atoms with Crippen molar-refractivity contribution >= 4 is 5.52 Å². The summed E-state index contributed by atoms with van der Waals surface area (Å²) in [5.74, 6) is 0.632. The fourth-order valence-corrected chi connectivity index (χ4v) is 3.19. The minimum Gasteiger partial charge on any atom is -0.317 e. The maximum absolute atomic E-state index is 4.56. The quantitative estimate of drug-likeness (QED) is 0.783. The molecule has 0 aromatic carbocycles. The number of pyridine rings is 1. The lowest BCUT2D eigenvalue weighted by Gasteiger charge is -2.21. The number of hydrogen-bond donors (Lipinski definition) is 1. The first-order chi connectivity index (χ1) is 10.3. The van der Waals surface area contributed by atoms with Crippen LogP contribution in [0.4, 0.5) is 0 Å². The normalized spacial score (nSPS) is 16.6. The fourth-order valence-electron chi connectivity index (χ4n) is 3.19. The summed E-state index contributed by atoms with van der Waals surface area (Å²) in [4.78, 5) is 0. The van der Waals surface area contributed by atoms with E-state index in [1.165, 1.54) is 23.9 Å². The Balaban J connectivity index is 1.73. The second-order valence-corrected chi connectivity index (χ2v) is 5.77. The van der Waals surface area contributed by atoms with Gasteiger partial charge >= 0.3 is 0 Å². The molecular weight excluding hydrogens is 262 g/mol. The number of aryl methyl sites for hydroxylation is 1. The summed E-state index contributed by atoms with van der Waals surface area (Å²) < 4.78 is 3.82. The Labute approximate surface area is 123 Å². The molecule has 5 heteroatoms. The van der Waals surface area contributed by atoms with Crippen molar-refractivity contribution in [2.24, 2.45) is 7.05 Å². The number of hydrogen-bond acceptors (Lipinski definition) is 3. The molecule has 4 heterocycles. The highest BCUT2D eigenvalue weighted by Crippen LogP contribution is 2.29. The summed E-state index contributed by atoms with van der Waals surface area (Å²) in [6, 6.07) is 4.35. The summed E-state index contributed by atoms with van der Waals surface area (Å²) >= 11 is 0. The molecule has 1 aliphatic rings. The Hall–Kier alpha value is -2.14. The highest BCUT2D eigenvalue weighted by molar-refractivity contribution is 5.66. The van der Waals surface area contributed by atoms with Crippen molar-refractivity contribution in [1.82, 2.24) is 24.7 Å². The zero-order chi connectivity index (χ0) is 14.2. The topological polar surface area (TPSA) is 47.2 Å². The Bertz CT molecular complexity index is 764. The van der Waals surface area contributed by atoms with Gasteiger partial charge in [-0.15, -0.1) is 0 Å². The SMILES string of the molecule is Cn1cc(-c2ccc3c(C4CCNCC4)cnn3c2)cn1. The summed E-state index contributed by atoms with van der Waals surface area (Å²) in [6.45, 7) is 2.21. The number of piperidine rings is 1. The lowest BCUT2D eigenvalue weighted by molar-refractivity contribution is 0.462. The van der Waals surface area contributed by atoms with E-state index in [0.29, 0.717) is 5.92 Å². The predicted octanol–water partition coefficient (Wildman–Crippen LogP) is 2.20. The van der Waals surface area contributed by atoms with Crippen LogP contribution in [0, 0.1) is 0 Å². The van der Waals surface area contributed by atoms with Gasteiger partial charge < -0.3 is 5.32 Å². The van der Waals surface area contributed by atoms with Gasteiger partial charge in [0.1, 0.15) is 0 Å². The monoisotopic (exact) mass is 281 g/mol. The van der Waals surface area contributed by atoms with Crippen molar-refractivity contribution in [2.45, 2.75) is 18.8 Å². The highest BCUT2D eigenvalue weighted by Gasteiger charge is 2.19. The van der Waals surface area contributed by atoms with E-state index in [1.54, 1.807) is 0 Å². The van der Waals surface area contributed by atoms with Crippen molar-refractivity contribution < 1.29 is 0 Å². The number of fused-ring (bicyclic) bond motifs is 1. The molecule has 1 saturated heterocycles. The molecule has 1 N–H and O–H groups in total. The second kappa shape index (κ2) is 5.00. The fraction of sp³-hybridized carbons (Fsp3) is 0.375. The zero-order valence-electron chi connectivity index (χ0n) is 12.2. The van der Waals surface area contributed by atoms with Gasteiger partial charge in [0.05, 0.1) is 17.9 Å². The van der Waals surface area contributed by atoms with Crippen LogP contribution >= 0.6 is 0 Å². The molecule has 0 aliphatic carbocycles. The standard InChI is InChI=1S/C16H19N5/c1-20-10-14(8-18-20)13-2-3-16-15(9-19-21(16)11-13)12-4-6-17-7-5-12/h2-3,8-12,17H,4-7H2,1H3. The lowest BCUT2D eigenvalue weighted by Crippen LogP contribution is -2.26. The Morgan fingerprint density at radius 2 is 1.90 bits per heavy atom. The molecule has 0 unspecified atom stereocenters. The minimum absolute atomic E-state index is 0.632. The van der Waals surface area contributed by atoms with Crippen LogP contribution in [0.5, 0.6) is 0 Å². The van der Waals surface area contributed by atoms with E-state index in [0.717, 1.165) is 24.2 Å². The third kappa shape index (κ3) is 2.23. The number of rotatable bonds is 2. The molecule has 0 radical (unpaired) electrons. The van der Waals surface area contributed by atoms with Crippen molar-refractivity contribution in [3.63, 3.8) is 0 Å².